The molecule has 0 spiro atoms. The van der Waals surface area contributed by atoms with Gasteiger partial charge in [0.2, 0.25) is 0 Å². The van der Waals surface area contributed by atoms with Crippen LogP contribution in [0.25, 0.3) is 20.8 Å². The maximum atomic E-state index is 11.1. The van der Waals surface area contributed by atoms with Gasteiger partial charge in [0.15, 0.2) is 0 Å². The van der Waals surface area contributed by atoms with E-state index in [1.54, 1.807) is 18.3 Å². The molecule has 3 aromatic rings. The molecule has 1 N–H and O–H groups in total. The van der Waals surface area contributed by atoms with Crippen molar-refractivity contribution in [1.29, 1.82) is 0 Å². The number of thiazole rings is 1. The normalized spacial score (nSPS) is 12.4. The van der Waals surface area contributed by atoms with E-state index in [0.717, 1.165) is 26.4 Å². The Morgan fingerprint density at radius 2 is 1.95 bits per heavy atom. The van der Waals surface area contributed by atoms with Gasteiger partial charge in [-0.15, -0.1) is 11.3 Å². The van der Waals surface area contributed by atoms with E-state index >= 15 is 0 Å². The molecule has 0 bridgehead atoms. The van der Waals surface area contributed by atoms with Gasteiger partial charge in [-0.2, -0.15) is 0 Å². The van der Waals surface area contributed by atoms with Crippen LogP contribution < -0.4 is 0 Å². The molecule has 0 aliphatic carbocycles. The van der Waals surface area contributed by atoms with E-state index in [-0.39, 0.29) is 0 Å². The highest BCUT2D eigenvalue weighted by Crippen LogP contribution is 2.31. The molecule has 100 valence electrons. The Bertz CT molecular complexity index is 765. The average Bonchev–Trinajstić information content (AvgIpc) is 2.90. The molecule has 4 heteroatoms. The molecule has 0 saturated heterocycles. The molecule has 1 heterocycles. The number of aromatic nitrogens is 1. The van der Waals surface area contributed by atoms with Crippen LogP contribution in [0.4, 0.5) is 0 Å². The first-order valence-corrected chi connectivity index (χ1v) is 7.15. The molecule has 0 radical (unpaired) electrons. The van der Waals surface area contributed by atoms with E-state index in [1.807, 2.05) is 48.5 Å². The lowest BCUT2D eigenvalue weighted by molar-refractivity contribution is -0.138. The third-order valence-electron chi connectivity index (χ3n) is 3.30. The summed E-state index contributed by atoms with van der Waals surface area (Å²) in [4.78, 5) is 15.6. The first-order valence-electron chi connectivity index (χ1n) is 6.34. The summed E-state index contributed by atoms with van der Waals surface area (Å²) in [5.41, 5.74) is 2.81. The summed E-state index contributed by atoms with van der Waals surface area (Å²) in [6, 6.07) is 15.7. The standard InChI is InChI=1S/C16H13NO2S/c1-10(16(18)19)12-7-8-13-14(9-12)20-15(17-13)11-5-3-2-4-6-11/h2-10H,1H3,(H,18,19)/t10-/m1/s1. The van der Waals surface area contributed by atoms with E-state index in [1.165, 1.54) is 0 Å². The highest BCUT2D eigenvalue weighted by molar-refractivity contribution is 7.21. The third-order valence-corrected chi connectivity index (χ3v) is 4.37. The van der Waals surface area contributed by atoms with Gasteiger partial charge in [-0.25, -0.2) is 4.98 Å². The Morgan fingerprint density at radius 1 is 1.20 bits per heavy atom. The van der Waals surface area contributed by atoms with Crippen LogP contribution in [0.15, 0.2) is 48.5 Å². The van der Waals surface area contributed by atoms with E-state index in [9.17, 15) is 4.79 Å². The molecule has 0 aliphatic heterocycles. The highest BCUT2D eigenvalue weighted by Gasteiger charge is 2.15. The topological polar surface area (TPSA) is 50.2 Å². The SMILES string of the molecule is C[C@@H](C(=O)O)c1ccc2nc(-c3ccccc3)sc2c1. The zero-order chi connectivity index (χ0) is 14.1. The summed E-state index contributed by atoms with van der Waals surface area (Å²) >= 11 is 1.59. The van der Waals surface area contributed by atoms with Crippen LogP contribution >= 0.6 is 11.3 Å². The van der Waals surface area contributed by atoms with Crippen LogP contribution in [-0.4, -0.2) is 16.1 Å². The Morgan fingerprint density at radius 3 is 2.65 bits per heavy atom. The number of nitrogens with zero attached hydrogens (tertiary/aromatic N) is 1. The van der Waals surface area contributed by atoms with Crippen molar-refractivity contribution < 1.29 is 9.90 Å². The molecule has 3 nitrogen and oxygen atoms in total. The second kappa shape index (κ2) is 5.06. The zero-order valence-corrected chi connectivity index (χ0v) is 11.7. The minimum absolute atomic E-state index is 0.498. The van der Waals surface area contributed by atoms with Crippen LogP contribution in [0, 0.1) is 0 Å². The smallest absolute Gasteiger partial charge is 0.310 e. The number of carboxylic acid groups (broad SMARTS) is 1. The van der Waals surface area contributed by atoms with Crippen molar-refractivity contribution in [3.63, 3.8) is 0 Å². The Hall–Kier alpha value is -2.20. The quantitative estimate of drug-likeness (QED) is 0.785. The summed E-state index contributed by atoms with van der Waals surface area (Å²) in [7, 11) is 0. The number of carboxylic acids is 1. The van der Waals surface area contributed by atoms with Crippen molar-refractivity contribution in [2.24, 2.45) is 0 Å². The lowest BCUT2D eigenvalue weighted by Crippen LogP contribution is -2.06. The number of benzene rings is 2. The number of fused-ring (bicyclic) bond motifs is 1. The van der Waals surface area contributed by atoms with Crippen molar-refractivity contribution >= 4 is 27.5 Å². The van der Waals surface area contributed by atoms with Gasteiger partial charge in [0.25, 0.3) is 0 Å². The Kier molecular flexibility index (Phi) is 3.24. The fourth-order valence-corrected chi connectivity index (χ4v) is 3.08. The van der Waals surface area contributed by atoms with Gasteiger partial charge in [-0.05, 0) is 24.6 Å². The van der Waals surface area contributed by atoms with Crippen molar-refractivity contribution in [3.05, 3.63) is 54.1 Å². The predicted octanol–water partition coefficient (Wildman–Crippen LogP) is 4.15. The number of hydrogen-bond acceptors (Lipinski definition) is 3. The number of rotatable bonds is 3. The van der Waals surface area contributed by atoms with Crippen LogP contribution in [0.1, 0.15) is 18.4 Å². The number of carbonyl (C=O) groups is 1. The minimum atomic E-state index is -0.808. The monoisotopic (exact) mass is 283 g/mol. The summed E-state index contributed by atoms with van der Waals surface area (Å²) in [5, 5.41) is 10.0. The maximum Gasteiger partial charge on any atom is 0.310 e. The van der Waals surface area contributed by atoms with E-state index in [2.05, 4.69) is 4.98 Å². The lowest BCUT2D eigenvalue weighted by atomic mass is 10.0. The number of aliphatic carboxylic acids is 1. The van der Waals surface area contributed by atoms with Gasteiger partial charge < -0.3 is 5.11 Å². The van der Waals surface area contributed by atoms with Gasteiger partial charge in [0.1, 0.15) is 5.01 Å². The fraction of sp³-hybridized carbons (Fsp3) is 0.125. The van der Waals surface area contributed by atoms with Gasteiger partial charge in [-0.1, -0.05) is 36.4 Å². The fourth-order valence-electron chi connectivity index (χ4n) is 2.06. The molecule has 1 atom stereocenters. The minimum Gasteiger partial charge on any atom is -0.481 e. The molecule has 0 fully saturated rings. The molecular weight excluding hydrogens is 270 g/mol. The van der Waals surface area contributed by atoms with Crippen LogP contribution in [-0.2, 0) is 4.79 Å². The molecule has 3 rings (SSSR count). The lowest BCUT2D eigenvalue weighted by Gasteiger charge is -2.05. The predicted molar refractivity (Wildman–Crippen MR) is 81.1 cm³/mol. The van der Waals surface area contributed by atoms with Gasteiger partial charge in [0.05, 0.1) is 16.1 Å². The maximum absolute atomic E-state index is 11.1. The zero-order valence-electron chi connectivity index (χ0n) is 10.9. The Labute approximate surface area is 120 Å². The van der Waals surface area contributed by atoms with Gasteiger partial charge in [-0.3, -0.25) is 4.79 Å². The van der Waals surface area contributed by atoms with E-state index in [0.29, 0.717) is 0 Å². The van der Waals surface area contributed by atoms with Crippen molar-refractivity contribution in [3.8, 4) is 10.6 Å². The van der Waals surface area contributed by atoms with E-state index in [4.69, 9.17) is 5.11 Å². The summed E-state index contributed by atoms with van der Waals surface area (Å²) in [6.45, 7) is 1.70. The molecule has 0 aliphatic rings. The van der Waals surface area contributed by atoms with Crippen molar-refractivity contribution in [2.75, 3.05) is 0 Å². The third kappa shape index (κ3) is 2.30. The first-order chi connectivity index (χ1) is 9.65. The second-order valence-electron chi connectivity index (χ2n) is 4.67. The molecule has 20 heavy (non-hydrogen) atoms. The van der Waals surface area contributed by atoms with Crippen molar-refractivity contribution in [2.45, 2.75) is 12.8 Å². The largest absolute Gasteiger partial charge is 0.481 e. The van der Waals surface area contributed by atoms with Gasteiger partial charge >= 0.3 is 5.97 Å². The Balaban J connectivity index is 2.06. The average molecular weight is 283 g/mol. The van der Waals surface area contributed by atoms with Crippen molar-refractivity contribution in [1.82, 2.24) is 4.98 Å². The highest BCUT2D eigenvalue weighted by atomic mass is 32.1. The molecule has 0 unspecified atom stereocenters. The summed E-state index contributed by atoms with van der Waals surface area (Å²) in [6.07, 6.45) is 0. The summed E-state index contributed by atoms with van der Waals surface area (Å²) in [5.74, 6) is -1.31. The number of hydrogen-bond donors (Lipinski definition) is 1. The molecule has 0 saturated carbocycles. The first kappa shape index (κ1) is 12.8. The van der Waals surface area contributed by atoms with Gasteiger partial charge in [0, 0.05) is 5.56 Å². The van der Waals surface area contributed by atoms with Crippen LogP contribution in [0.2, 0.25) is 0 Å². The van der Waals surface area contributed by atoms with E-state index < -0.39 is 11.9 Å². The molecule has 2 aromatic carbocycles. The molecule has 1 aromatic heterocycles. The molecule has 0 amide bonds. The second-order valence-corrected chi connectivity index (χ2v) is 5.70. The van der Waals surface area contributed by atoms with Crippen LogP contribution in [0.5, 0.6) is 0 Å². The molecular formula is C16H13NO2S. The summed E-state index contributed by atoms with van der Waals surface area (Å²) < 4.78 is 1.02. The van der Waals surface area contributed by atoms with Crippen LogP contribution in [0.3, 0.4) is 0 Å².